The number of hydrogen-bond acceptors (Lipinski definition) is 5. The molecule has 0 saturated carbocycles. The van der Waals surface area contributed by atoms with E-state index in [1.54, 1.807) is 18.5 Å². The van der Waals surface area contributed by atoms with Gasteiger partial charge in [0.1, 0.15) is 0 Å². The molecule has 28 heavy (non-hydrogen) atoms. The Balaban J connectivity index is 1.79. The molecule has 3 aromatic heterocycles. The summed E-state index contributed by atoms with van der Waals surface area (Å²) in [5.74, 6) is -0.301. The fraction of sp³-hybridized carbons (Fsp3) is 0.333. The van der Waals surface area contributed by atoms with Crippen LogP contribution in [-0.4, -0.2) is 30.7 Å². The Kier molecular flexibility index (Phi) is 5.87. The van der Waals surface area contributed by atoms with Crippen molar-refractivity contribution in [2.45, 2.75) is 37.0 Å². The molecule has 148 valence electrons. The second-order valence-electron chi connectivity index (χ2n) is 6.49. The summed E-state index contributed by atoms with van der Waals surface area (Å²) in [4.78, 5) is 16.7. The van der Waals surface area contributed by atoms with Gasteiger partial charge in [-0.2, -0.15) is 13.2 Å². The van der Waals surface area contributed by atoms with E-state index in [-0.39, 0.29) is 22.6 Å². The number of rotatable bonds is 6. The van der Waals surface area contributed by atoms with Crippen molar-refractivity contribution in [2.75, 3.05) is 0 Å². The van der Waals surface area contributed by atoms with Crippen molar-refractivity contribution in [3.8, 4) is 0 Å². The van der Waals surface area contributed by atoms with Gasteiger partial charge in [-0.3, -0.25) is 14.2 Å². The predicted molar refractivity (Wildman–Crippen MR) is 98.6 cm³/mol. The number of hydrogen-bond donors (Lipinski definition) is 1. The van der Waals surface area contributed by atoms with E-state index in [0.717, 1.165) is 29.6 Å². The first-order valence-electron chi connectivity index (χ1n) is 8.51. The molecule has 1 amide bonds. The fourth-order valence-corrected chi connectivity index (χ4v) is 3.55. The third kappa shape index (κ3) is 4.61. The third-order valence-electron chi connectivity index (χ3n) is 3.98. The van der Waals surface area contributed by atoms with Crippen LogP contribution in [0.15, 0.2) is 48.0 Å². The highest BCUT2D eigenvalue weighted by atomic mass is 32.2. The molecule has 0 aromatic carbocycles. The van der Waals surface area contributed by atoms with E-state index >= 15 is 0 Å². The smallest absolute Gasteiger partial charge is 0.351 e. The van der Waals surface area contributed by atoms with Crippen LogP contribution in [0.25, 0.3) is 5.65 Å². The largest absolute Gasteiger partial charge is 0.417 e. The summed E-state index contributed by atoms with van der Waals surface area (Å²) in [5, 5.41) is 10.4. The Morgan fingerprint density at radius 1 is 1.25 bits per heavy atom. The molecule has 0 fully saturated rings. The molecule has 0 aliphatic carbocycles. The Morgan fingerprint density at radius 3 is 2.68 bits per heavy atom. The number of halogens is 3. The summed E-state index contributed by atoms with van der Waals surface area (Å²) in [6, 6.07) is 5.83. The third-order valence-corrected chi connectivity index (χ3v) is 5.49. The normalized spacial score (nSPS) is 13.1. The molecule has 0 bridgehead atoms. The molecule has 3 aromatic rings. The lowest BCUT2D eigenvalue weighted by molar-refractivity contribution is -0.137. The first-order chi connectivity index (χ1) is 13.3. The van der Waals surface area contributed by atoms with Crippen LogP contribution in [0, 0.1) is 5.92 Å². The van der Waals surface area contributed by atoms with Gasteiger partial charge in [0, 0.05) is 25.1 Å². The monoisotopic (exact) mass is 409 g/mol. The summed E-state index contributed by atoms with van der Waals surface area (Å²) in [5.41, 5.74) is 0.337. The maximum Gasteiger partial charge on any atom is 0.417 e. The first-order valence-corrected chi connectivity index (χ1v) is 9.39. The number of pyridine rings is 2. The van der Waals surface area contributed by atoms with Crippen LogP contribution >= 0.6 is 11.8 Å². The molecular weight excluding hydrogens is 391 g/mol. The maximum atomic E-state index is 13.0. The van der Waals surface area contributed by atoms with E-state index in [1.165, 1.54) is 10.5 Å². The minimum atomic E-state index is -4.47. The molecular formula is C18H18F3N5OS. The van der Waals surface area contributed by atoms with Crippen molar-refractivity contribution < 1.29 is 18.0 Å². The lowest BCUT2D eigenvalue weighted by Crippen LogP contribution is -2.35. The molecule has 3 rings (SSSR count). The summed E-state index contributed by atoms with van der Waals surface area (Å²) in [6.07, 6.45) is -0.228. The van der Waals surface area contributed by atoms with E-state index in [2.05, 4.69) is 20.5 Å². The Morgan fingerprint density at radius 2 is 2.04 bits per heavy atom. The molecule has 10 heteroatoms. The molecule has 0 aliphatic heterocycles. The zero-order valence-electron chi connectivity index (χ0n) is 15.1. The van der Waals surface area contributed by atoms with Gasteiger partial charge >= 0.3 is 6.18 Å². The zero-order chi connectivity index (χ0) is 20.3. The van der Waals surface area contributed by atoms with Crippen LogP contribution < -0.4 is 5.32 Å². The Hall–Kier alpha value is -2.62. The standard InChI is InChI=1S/C18H18F3N5OS/c1-11(2)15(16(27)23-9-12-4-3-7-22-8-12)28-17-25-24-14-6-5-13(10-26(14)17)18(19,20)21/h3-8,10-11,15H,9H2,1-2H3,(H,23,27). The lowest BCUT2D eigenvalue weighted by atomic mass is 10.1. The predicted octanol–water partition coefficient (Wildman–Crippen LogP) is 3.58. The van der Waals surface area contributed by atoms with Gasteiger partial charge in [0.2, 0.25) is 5.91 Å². The number of carbonyl (C=O) groups excluding carboxylic acids is 1. The van der Waals surface area contributed by atoms with E-state index in [1.807, 2.05) is 19.9 Å². The van der Waals surface area contributed by atoms with Crippen molar-refractivity contribution in [2.24, 2.45) is 5.92 Å². The zero-order valence-corrected chi connectivity index (χ0v) is 16.0. The van der Waals surface area contributed by atoms with Crippen LogP contribution in [0.5, 0.6) is 0 Å². The maximum absolute atomic E-state index is 13.0. The molecule has 0 aliphatic rings. The van der Waals surface area contributed by atoms with E-state index in [0.29, 0.717) is 6.54 Å². The average molecular weight is 409 g/mol. The van der Waals surface area contributed by atoms with E-state index in [9.17, 15) is 18.0 Å². The summed E-state index contributed by atoms with van der Waals surface area (Å²) in [6.45, 7) is 4.05. The van der Waals surface area contributed by atoms with Crippen LogP contribution in [0.3, 0.4) is 0 Å². The molecule has 1 N–H and O–H groups in total. The number of alkyl halides is 3. The quantitative estimate of drug-likeness (QED) is 0.630. The van der Waals surface area contributed by atoms with Gasteiger partial charge in [-0.1, -0.05) is 31.7 Å². The van der Waals surface area contributed by atoms with Gasteiger partial charge in [0.15, 0.2) is 10.8 Å². The number of thioether (sulfide) groups is 1. The van der Waals surface area contributed by atoms with Gasteiger partial charge in [-0.25, -0.2) is 0 Å². The SMILES string of the molecule is CC(C)C(Sc1nnc2ccc(C(F)(F)F)cn12)C(=O)NCc1cccnc1. The topological polar surface area (TPSA) is 72.2 Å². The number of carbonyl (C=O) groups is 1. The van der Waals surface area contributed by atoms with Gasteiger partial charge < -0.3 is 5.32 Å². The van der Waals surface area contributed by atoms with Crippen LogP contribution in [0.4, 0.5) is 13.2 Å². The Bertz CT molecular complexity index is 959. The van der Waals surface area contributed by atoms with Crippen molar-refractivity contribution in [3.05, 3.63) is 54.0 Å². The molecule has 0 saturated heterocycles. The highest BCUT2D eigenvalue weighted by Crippen LogP contribution is 2.32. The molecule has 3 heterocycles. The highest BCUT2D eigenvalue weighted by Gasteiger charge is 2.32. The number of nitrogens with one attached hydrogen (secondary N) is 1. The van der Waals surface area contributed by atoms with E-state index in [4.69, 9.17) is 0 Å². The molecule has 1 unspecified atom stereocenters. The average Bonchev–Trinajstić information content (AvgIpc) is 3.06. The minimum Gasteiger partial charge on any atom is -0.351 e. The summed E-state index contributed by atoms with van der Waals surface area (Å²) < 4.78 is 40.3. The second-order valence-corrected chi connectivity index (χ2v) is 7.60. The van der Waals surface area contributed by atoms with Crippen molar-refractivity contribution in [1.82, 2.24) is 24.9 Å². The van der Waals surface area contributed by atoms with Crippen LogP contribution in [0.2, 0.25) is 0 Å². The van der Waals surface area contributed by atoms with Crippen LogP contribution in [0.1, 0.15) is 25.0 Å². The second kappa shape index (κ2) is 8.17. The van der Waals surface area contributed by atoms with Crippen molar-refractivity contribution in [3.63, 3.8) is 0 Å². The number of aromatic nitrogens is 4. The minimum absolute atomic E-state index is 0.0722. The molecule has 1 atom stereocenters. The lowest BCUT2D eigenvalue weighted by Gasteiger charge is -2.19. The van der Waals surface area contributed by atoms with Crippen LogP contribution in [-0.2, 0) is 17.5 Å². The molecule has 6 nitrogen and oxygen atoms in total. The number of fused-ring (bicyclic) bond motifs is 1. The van der Waals surface area contributed by atoms with Crippen molar-refractivity contribution in [1.29, 1.82) is 0 Å². The molecule has 0 spiro atoms. The fourth-order valence-electron chi connectivity index (χ4n) is 2.52. The van der Waals surface area contributed by atoms with Gasteiger partial charge in [-0.05, 0) is 29.7 Å². The first kappa shape index (κ1) is 20.1. The number of amides is 1. The van der Waals surface area contributed by atoms with Gasteiger partial charge in [0.25, 0.3) is 0 Å². The summed E-state index contributed by atoms with van der Waals surface area (Å²) in [7, 11) is 0. The van der Waals surface area contributed by atoms with Gasteiger partial charge in [-0.15, -0.1) is 10.2 Å². The van der Waals surface area contributed by atoms with E-state index < -0.39 is 17.0 Å². The highest BCUT2D eigenvalue weighted by molar-refractivity contribution is 8.00. The molecule has 0 radical (unpaired) electrons. The number of nitrogens with zero attached hydrogens (tertiary/aromatic N) is 4. The van der Waals surface area contributed by atoms with Gasteiger partial charge in [0.05, 0.1) is 10.8 Å². The summed E-state index contributed by atoms with van der Waals surface area (Å²) >= 11 is 1.09. The van der Waals surface area contributed by atoms with Crippen molar-refractivity contribution >= 4 is 23.3 Å². The Labute approximate surface area is 163 Å².